The van der Waals surface area contributed by atoms with Crippen LogP contribution in [0.1, 0.15) is 20.3 Å². The first-order valence-electron chi connectivity index (χ1n) is 5.59. The maximum Gasteiger partial charge on any atom is 0.322 e. The number of aliphatic carboxylic acids is 1. The van der Waals surface area contributed by atoms with Gasteiger partial charge in [0.2, 0.25) is 0 Å². The molecule has 0 saturated carbocycles. The first kappa shape index (κ1) is 13.2. The fourth-order valence-electron chi connectivity index (χ4n) is 1.21. The van der Waals surface area contributed by atoms with Gasteiger partial charge >= 0.3 is 5.97 Å². The van der Waals surface area contributed by atoms with Crippen LogP contribution in [0.2, 0.25) is 0 Å². The van der Waals surface area contributed by atoms with Crippen molar-refractivity contribution in [3.8, 4) is 0 Å². The molecule has 6 heteroatoms. The van der Waals surface area contributed by atoms with Gasteiger partial charge in [-0.15, -0.1) is 0 Å². The average Bonchev–Trinajstić information content (AvgIpc) is 2.26. The van der Waals surface area contributed by atoms with E-state index in [4.69, 9.17) is 5.11 Å². The molecule has 0 fully saturated rings. The Kier molecular flexibility index (Phi) is 5.19. The highest BCUT2D eigenvalue weighted by Gasteiger charge is 2.01. The van der Waals surface area contributed by atoms with Crippen LogP contribution < -0.4 is 10.6 Å². The molecule has 0 aromatic carbocycles. The number of aromatic nitrogens is 2. The van der Waals surface area contributed by atoms with E-state index in [0.29, 0.717) is 17.6 Å². The Balaban J connectivity index is 2.45. The van der Waals surface area contributed by atoms with Gasteiger partial charge in [-0.25, -0.2) is 9.97 Å². The monoisotopic (exact) mass is 238 g/mol. The van der Waals surface area contributed by atoms with Gasteiger partial charge in [-0.05, 0) is 12.3 Å². The number of nitrogens with zero attached hydrogens (tertiary/aromatic N) is 2. The van der Waals surface area contributed by atoms with E-state index in [9.17, 15) is 4.79 Å². The summed E-state index contributed by atoms with van der Waals surface area (Å²) in [6.45, 7) is 5.00. The first-order valence-corrected chi connectivity index (χ1v) is 5.59. The molecule has 6 nitrogen and oxygen atoms in total. The van der Waals surface area contributed by atoms with Crippen LogP contribution in [0, 0.1) is 5.92 Å². The molecular formula is C11H18N4O2. The van der Waals surface area contributed by atoms with Gasteiger partial charge in [-0.2, -0.15) is 0 Å². The molecule has 0 amide bonds. The number of rotatable bonds is 7. The van der Waals surface area contributed by atoms with Crippen molar-refractivity contribution in [3.05, 3.63) is 12.4 Å². The van der Waals surface area contributed by atoms with Crippen LogP contribution in [0.25, 0.3) is 0 Å². The fourth-order valence-corrected chi connectivity index (χ4v) is 1.21. The molecule has 1 rings (SSSR count). The highest BCUT2D eigenvalue weighted by molar-refractivity contribution is 5.72. The summed E-state index contributed by atoms with van der Waals surface area (Å²) in [6.07, 6.45) is 2.46. The lowest BCUT2D eigenvalue weighted by Gasteiger charge is -2.08. The second-order valence-electron chi connectivity index (χ2n) is 4.15. The SMILES string of the molecule is CC(C)CCNc1cc(NCC(=O)O)ncn1. The van der Waals surface area contributed by atoms with E-state index in [2.05, 4.69) is 34.4 Å². The highest BCUT2D eigenvalue weighted by Crippen LogP contribution is 2.09. The molecule has 0 aliphatic rings. The van der Waals surface area contributed by atoms with E-state index in [0.717, 1.165) is 13.0 Å². The minimum absolute atomic E-state index is 0.150. The van der Waals surface area contributed by atoms with Crippen LogP contribution in [0.4, 0.5) is 11.6 Å². The predicted molar refractivity (Wildman–Crippen MR) is 66.1 cm³/mol. The Morgan fingerprint density at radius 2 is 2.00 bits per heavy atom. The summed E-state index contributed by atoms with van der Waals surface area (Å²) < 4.78 is 0. The van der Waals surface area contributed by atoms with E-state index >= 15 is 0 Å². The summed E-state index contributed by atoms with van der Waals surface area (Å²) in [4.78, 5) is 18.4. The van der Waals surface area contributed by atoms with E-state index in [1.165, 1.54) is 6.33 Å². The summed E-state index contributed by atoms with van der Waals surface area (Å²) in [7, 11) is 0. The van der Waals surface area contributed by atoms with Crippen molar-refractivity contribution < 1.29 is 9.90 Å². The van der Waals surface area contributed by atoms with Crippen molar-refractivity contribution >= 4 is 17.6 Å². The quantitative estimate of drug-likeness (QED) is 0.666. The number of carbonyl (C=O) groups is 1. The Labute approximate surface area is 100 Å². The molecule has 0 unspecified atom stereocenters. The van der Waals surface area contributed by atoms with Gasteiger partial charge in [0.25, 0.3) is 0 Å². The Hall–Kier alpha value is -1.85. The Morgan fingerprint density at radius 1 is 1.35 bits per heavy atom. The average molecular weight is 238 g/mol. The highest BCUT2D eigenvalue weighted by atomic mass is 16.4. The van der Waals surface area contributed by atoms with E-state index in [-0.39, 0.29) is 6.54 Å². The van der Waals surface area contributed by atoms with Crippen molar-refractivity contribution in [3.63, 3.8) is 0 Å². The van der Waals surface area contributed by atoms with Gasteiger partial charge in [0.05, 0.1) is 0 Å². The lowest BCUT2D eigenvalue weighted by Crippen LogP contribution is -2.14. The molecule has 0 spiro atoms. The zero-order valence-electron chi connectivity index (χ0n) is 10.1. The van der Waals surface area contributed by atoms with Crippen molar-refractivity contribution in [2.75, 3.05) is 23.7 Å². The number of carboxylic acids is 1. The van der Waals surface area contributed by atoms with Crippen LogP contribution in [0.3, 0.4) is 0 Å². The maximum atomic E-state index is 10.4. The second kappa shape index (κ2) is 6.67. The molecule has 0 radical (unpaired) electrons. The number of carboxylic acid groups (broad SMARTS) is 1. The molecule has 1 heterocycles. The van der Waals surface area contributed by atoms with E-state index in [1.54, 1.807) is 6.07 Å². The number of anilines is 2. The topological polar surface area (TPSA) is 87.1 Å². The van der Waals surface area contributed by atoms with Crippen LogP contribution in [-0.2, 0) is 4.79 Å². The molecule has 17 heavy (non-hydrogen) atoms. The van der Waals surface area contributed by atoms with Gasteiger partial charge in [0, 0.05) is 12.6 Å². The predicted octanol–water partition coefficient (Wildman–Crippen LogP) is 1.43. The van der Waals surface area contributed by atoms with Crippen LogP contribution in [0.15, 0.2) is 12.4 Å². The number of hydrogen-bond donors (Lipinski definition) is 3. The van der Waals surface area contributed by atoms with Gasteiger partial charge < -0.3 is 15.7 Å². The summed E-state index contributed by atoms with van der Waals surface area (Å²) in [5.41, 5.74) is 0. The van der Waals surface area contributed by atoms with E-state index in [1.807, 2.05) is 0 Å². The van der Waals surface area contributed by atoms with Crippen molar-refractivity contribution in [1.29, 1.82) is 0 Å². The summed E-state index contributed by atoms with van der Waals surface area (Å²) in [5.74, 6) is 0.926. The molecular weight excluding hydrogens is 220 g/mol. The lowest BCUT2D eigenvalue weighted by atomic mass is 10.1. The third kappa shape index (κ3) is 5.70. The van der Waals surface area contributed by atoms with E-state index < -0.39 is 5.97 Å². The van der Waals surface area contributed by atoms with Gasteiger partial charge in [-0.3, -0.25) is 4.79 Å². The largest absolute Gasteiger partial charge is 0.480 e. The number of hydrogen-bond acceptors (Lipinski definition) is 5. The normalized spacial score (nSPS) is 10.3. The minimum atomic E-state index is -0.919. The second-order valence-corrected chi connectivity index (χ2v) is 4.15. The molecule has 0 saturated heterocycles. The molecule has 3 N–H and O–H groups in total. The third-order valence-electron chi connectivity index (χ3n) is 2.12. The van der Waals surface area contributed by atoms with Gasteiger partial charge in [0.15, 0.2) is 0 Å². The third-order valence-corrected chi connectivity index (χ3v) is 2.12. The molecule has 0 aliphatic heterocycles. The first-order chi connectivity index (χ1) is 8.08. The smallest absolute Gasteiger partial charge is 0.322 e. The molecule has 0 atom stereocenters. The molecule has 1 aromatic rings. The summed E-state index contributed by atoms with van der Waals surface area (Å²) >= 11 is 0. The van der Waals surface area contributed by atoms with Crippen LogP contribution >= 0.6 is 0 Å². The Bertz CT molecular complexity index is 368. The van der Waals surface area contributed by atoms with Crippen molar-refractivity contribution in [2.24, 2.45) is 5.92 Å². The zero-order valence-corrected chi connectivity index (χ0v) is 10.1. The summed E-state index contributed by atoms with van der Waals surface area (Å²) in [6, 6.07) is 1.70. The maximum absolute atomic E-state index is 10.4. The Morgan fingerprint density at radius 3 is 2.59 bits per heavy atom. The minimum Gasteiger partial charge on any atom is -0.480 e. The lowest BCUT2D eigenvalue weighted by molar-refractivity contribution is -0.134. The van der Waals surface area contributed by atoms with Gasteiger partial charge in [0.1, 0.15) is 24.5 Å². The molecule has 1 aromatic heterocycles. The standard InChI is InChI=1S/C11H18N4O2/c1-8(2)3-4-12-9-5-10(15-7-14-9)13-6-11(16)17/h5,7-8H,3-4,6H2,1-2H3,(H,16,17)(H2,12,13,14,15). The van der Waals surface area contributed by atoms with Gasteiger partial charge in [-0.1, -0.05) is 13.8 Å². The van der Waals surface area contributed by atoms with Crippen LogP contribution in [-0.4, -0.2) is 34.1 Å². The molecule has 0 aliphatic carbocycles. The summed E-state index contributed by atoms with van der Waals surface area (Å²) in [5, 5.41) is 14.4. The fraction of sp³-hybridized carbons (Fsp3) is 0.545. The van der Waals surface area contributed by atoms with Crippen molar-refractivity contribution in [1.82, 2.24) is 9.97 Å². The van der Waals surface area contributed by atoms with Crippen molar-refractivity contribution in [2.45, 2.75) is 20.3 Å². The van der Waals surface area contributed by atoms with Crippen LogP contribution in [0.5, 0.6) is 0 Å². The number of nitrogens with one attached hydrogen (secondary N) is 2. The molecule has 0 bridgehead atoms. The zero-order chi connectivity index (χ0) is 12.7. The molecule has 94 valence electrons.